The van der Waals surface area contributed by atoms with E-state index in [0.29, 0.717) is 0 Å². The number of hydrogen-bond acceptors (Lipinski definition) is 5. The highest BCUT2D eigenvalue weighted by Crippen LogP contribution is 2.62. The molecular weight excluding hydrogens is 512 g/mol. The zero-order valence-electron chi connectivity index (χ0n) is 24.4. The number of carbonyl (C=O) groups excluding carboxylic acids is 1. The number of piperazine rings is 1. The van der Waals surface area contributed by atoms with Crippen LogP contribution >= 0.6 is 0 Å². The number of fused-ring (bicyclic) bond motifs is 1. The van der Waals surface area contributed by atoms with Crippen LogP contribution in [0.15, 0.2) is 54.6 Å². The van der Waals surface area contributed by atoms with Gasteiger partial charge in [0.1, 0.15) is 5.75 Å². The lowest BCUT2D eigenvalue weighted by Gasteiger charge is -2.57. The normalized spacial score (nSPS) is 27.8. The molecule has 1 atom stereocenters. The summed E-state index contributed by atoms with van der Waals surface area (Å²) in [5.41, 5.74) is 4.62. The first-order valence-electron chi connectivity index (χ1n) is 15.5. The van der Waals surface area contributed by atoms with Crippen LogP contribution in [0.1, 0.15) is 61.4 Å². The second-order valence-corrected chi connectivity index (χ2v) is 12.9. The van der Waals surface area contributed by atoms with Crippen LogP contribution in [0.25, 0.3) is 21.9 Å². The highest BCUT2D eigenvalue weighted by Gasteiger charge is 2.52. The summed E-state index contributed by atoms with van der Waals surface area (Å²) in [6, 6.07) is 19.4. The van der Waals surface area contributed by atoms with Crippen molar-refractivity contribution in [2.75, 3.05) is 40.1 Å². The third-order valence-electron chi connectivity index (χ3n) is 10.3. The average Bonchev–Trinajstić information content (AvgIpc) is 3.00. The molecule has 8 rings (SSSR count). The van der Waals surface area contributed by atoms with Crippen molar-refractivity contribution in [1.29, 1.82) is 0 Å². The van der Waals surface area contributed by atoms with Crippen LogP contribution in [0.3, 0.4) is 0 Å². The number of rotatable bonds is 8. The molecule has 5 fully saturated rings. The van der Waals surface area contributed by atoms with Crippen molar-refractivity contribution >= 4 is 16.7 Å². The Bertz CT molecular complexity index is 1380. The first kappa shape index (κ1) is 26.9. The van der Waals surface area contributed by atoms with E-state index in [1.165, 1.54) is 55.0 Å². The molecule has 4 aliphatic carbocycles. The van der Waals surface area contributed by atoms with Gasteiger partial charge in [-0.15, -0.1) is 0 Å². The SMILES string of the molecule is COC(C)OCOc1cc2cccc(-c3ccc(C(=O)N4CCNCC4)cc3)c2cc1C12CC3CC(CC(C3)C1)C2. The molecule has 0 radical (unpaired) electrons. The number of hydrogen-bond donors (Lipinski definition) is 1. The molecule has 1 heterocycles. The fraction of sp³-hybridized carbons (Fsp3) is 0.514. The van der Waals surface area contributed by atoms with Crippen molar-refractivity contribution < 1.29 is 19.0 Å². The van der Waals surface area contributed by atoms with Crippen LogP contribution in [0, 0.1) is 17.8 Å². The molecule has 3 aromatic rings. The lowest BCUT2D eigenvalue weighted by molar-refractivity contribution is -0.150. The van der Waals surface area contributed by atoms with Crippen molar-refractivity contribution in [3.8, 4) is 16.9 Å². The highest BCUT2D eigenvalue weighted by molar-refractivity contribution is 5.99. The van der Waals surface area contributed by atoms with Gasteiger partial charge in [0.25, 0.3) is 5.91 Å². The van der Waals surface area contributed by atoms with E-state index in [2.05, 4.69) is 47.8 Å². The summed E-state index contributed by atoms with van der Waals surface area (Å²) >= 11 is 0. The fourth-order valence-electron chi connectivity index (χ4n) is 8.63. The van der Waals surface area contributed by atoms with Gasteiger partial charge in [-0.2, -0.15) is 0 Å². The molecule has 216 valence electrons. The predicted molar refractivity (Wildman–Crippen MR) is 161 cm³/mol. The second-order valence-electron chi connectivity index (χ2n) is 12.9. The van der Waals surface area contributed by atoms with Crippen LogP contribution in [-0.4, -0.2) is 57.2 Å². The largest absolute Gasteiger partial charge is 0.467 e. The fourth-order valence-corrected chi connectivity index (χ4v) is 8.63. The number of nitrogens with one attached hydrogen (secondary N) is 1. The Morgan fingerprint density at radius 3 is 2.32 bits per heavy atom. The van der Waals surface area contributed by atoms with Gasteiger partial charge in [-0.1, -0.05) is 30.3 Å². The molecule has 1 aliphatic heterocycles. The Morgan fingerprint density at radius 1 is 0.976 bits per heavy atom. The molecule has 5 aliphatic rings. The van der Waals surface area contributed by atoms with Crippen LogP contribution < -0.4 is 10.1 Å². The molecule has 6 heteroatoms. The van der Waals surface area contributed by atoms with Gasteiger partial charge in [-0.05, 0) is 115 Å². The van der Waals surface area contributed by atoms with Crippen molar-refractivity contribution in [3.63, 3.8) is 0 Å². The zero-order valence-corrected chi connectivity index (χ0v) is 24.4. The minimum atomic E-state index is -0.313. The predicted octanol–water partition coefficient (Wildman–Crippen LogP) is 6.37. The second kappa shape index (κ2) is 11.0. The van der Waals surface area contributed by atoms with E-state index in [0.717, 1.165) is 66.2 Å². The summed E-state index contributed by atoms with van der Waals surface area (Å²) in [5, 5.41) is 5.73. The lowest BCUT2D eigenvalue weighted by atomic mass is 9.48. The first-order valence-corrected chi connectivity index (χ1v) is 15.5. The van der Waals surface area contributed by atoms with Crippen molar-refractivity contribution in [1.82, 2.24) is 10.2 Å². The van der Waals surface area contributed by atoms with E-state index in [4.69, 9.17) is 14.2 Å². The maximum Gasteiger partial charge on any atom is 0.253 e. The van der Waals surface area contributed by atoms with E-state index in [1.54, 1.807) is 7.11 Å². The Morgan fingerprint density at radius 2 is 1.66 bits per heavy atom. The summed E-state index contributed by atoms with van der Waals surface area (Å²) < 4.78 is 17.5. The third kappa shape index (κ3) is 5.15. The Hall–Kier alpha value is -2.93. The smallest absolute Gasteiger partial charge is 0.253 e. The summed E-state index contributed by atoms with van der Waals surface area (Å²) in [6.07, 6.45) is 7.70. The minimum absolute atomic E-state index is 0.117. The highest BCUT2D eigenvalue weighted by atomic mass is 16.7. The van der Waals surface area contributed by atoms with Crippen molar-refractivity contribution in [2.45, 2.75) is 57.2 Å². The Kier molecular flexibility index (Phi) is 7.26. The van der Waals surface area contributed by atoms with Gasteiger partial charge in [0, 0.05) is 44.4 Å². The van der Waals surface area contributed by atoms with Gasteiger partial charge in [-0.25, -0.2) is 0 Å². The van der Waals surface area contributed by atoms with E-state index in [9.17, 15) is 4.79 Å². The van der Waals surface area contributed by atoms with Crippen LogP contribution in [0.4, 0.5) is 0 Å². The molecule has 6 nitrogen and oxygen atoms in total. The van der Waals surface area contributed by atoms with Gasteiger partial charge < -0.3 is 24.4 Å². The number of benzene rings is 3. The molecule has 41 heavy (non-hydrogen) atoms. The molecule has 0 aromatic heterocycles. The van der Waals surface area contributed by atoms with E-state index < -0.39 is 0 Å². The minimum Gasteiger partial charge on any atom is -0.467 e. The van der Waals surface area contributed by atoms with Gasteiger partial charge >= 0.3 is 0 Å². The van der Waals surface area contributed by atoms with Gasteiger partial charge in [0.15, 0.2) is 13.1 Å². The van der Waals surface area contributed by atoms with Crippen LogP contribution in [-0.2, 0) is 14.9 Å². The lowest BCUT2D eigenvalue weighted by Crippen LogP contribution is -2.48. The topological polar surface area (TPSA) is 60.0 Å². The molecule has 0 spiro atoms. The molecule has 1 N–H and O–H groups in total. The number of carbonyl (C=O) groups is 1. The summed E-state index contributed by atoms with van der Waals surface area (Å²) in [7, 11) is 1.65. The maximum absolute atomic E-state index is 13.1. The quantitative estimate of drug-likeness (QED) is 0.328. The van der Waals surface area contributed by atoms with Crippen LogP contribution in [0.2, 0.25) is 0 Å². The first-order chi connectivity index (χ1) is 20.0. The Balaban J connectivity index is 1.26. The number of ether oxygens (including phenoxy) is 3. The standard InChI is InChI=1S/C35H42N2O4/c1-23(39-2)40-22-41-33-17-29-4-3-5-30(27-6-8-28(9-7-27)34(38)37-12-10-36-11-13-37)31(29)18-32(33)35-19-24-14-25(20-35)16-26(15-24)21-35/h3-9,17-18,23-26,36H,10-16,19-22H2,1-2H3. The van der Waals surface area contributed by atoms with Crippen molar-refractivity contribution in [3.05, 3.63) is 65.7 Å². The molecule has 3 aromatic carbocycles. The molecule has 1 amide bonds. The summed E-state index contributed by atoms with van der Waals surface area (Å²) in [6.45, 7) is 5.29. The average molecular weight is 555 g/mol. The Labute approximate surface area is 243 Å². The van der Waals surface area contributed by atoms with Gasteiger partial charge in [-0.3, -0.25) is 4.79 Å². The number of methoxy groups -OCH3 is 1. The van der Waals surface area contributed by atoms with E-state index in [1.807, 2.05) is 24.0 Å². The van der Waals surface area contributed by atoms with Gasteiger partial charge in [0.2, 0.25) is 0 Å². The number of amides is 1. The molecule has 1 unspecified atom stereocenters. The molecule has 1 saturated heterocycles. The zero-order chi connectivity index (χ0) is 28.0. The summed E-state index contributed by atoms with van der Waals surface area (Å²) in [5.74, 6) is 3.59. The molecular formula is C35H42N2O4. The summed E-state index contributed by atoms with van der Waals surface area (Å²) in [4.78, 5) is 15.0. The maximum atomic E-state index is 13.1. The monoisotopic (exact) mass is 554 g/mol. The van der Waals surface area contributed by atoms with E-state index >= 15 is 0 Å². The van der Waals surface area contributed by atoms with E-state index in [-0.39, 0.29) is 24.4 Å². The molecule has 4 saturated carbocycles. The van der Waals surface area contributed by atoms with Gasteiger partial charge in [0.05, 0.1) is 0 Å². The van der Waals surface area contributed by atoms with Crippen molar-refractivity contribution in [2.24, 2.45) is 17.8 Å². The number of nitrogens with zero attached hydrogens (tertiary/aromatic N) is 1. The molecule has 4 bridgehead atoms. The third-order valence-corrected chi connectivity index (χ3v) is 10.3. The van der Waals surface area contributed by atoms with Crippen LogP contribution in [0.5, 0.6) is 5.75 Å².